The minimum atomic E-state index is -4.67. The minimum absolute atomic E-state index is 0. The van der Waals surface area contributed by atoms with Crippen LogP contribution in [0, 0.1) is 0 Å². The average Bonchev–Trinajstić information content (AvgIpc) is 1.85. The number of rotatable bonds is 0. The first-order valence-electron chi connectivity index (χ1n) is 2.83. The standard InChI is InChI=1S/C6H6O.Na.H2O4S/c7-6-4-2-1-3-5-6;;1-5(2,3)4/h1-5,7H;;(H2,1,2,3,4). The quantitative estimate of drug-likeness (QED) is 0.429. The van der Waals surface area contributed by atoms with Gasteiger partial charge in [0.1, 0.15) is 5.75 Å². The Labute approximate surface area is 98.3 Å². The van der Waals surface area contributed by atoms with Gasteiger partial charge in [-0.2, -0.15) is 8.42 Å². The molecule has 0 amide bonds. The largest absolute Gasteiger partial charge is 0.508 e. The Morgan fingerprint density at radius 2 is 1.31 bits per heavy atom. The third-order valence-electron chi connectivity index (χ3n) is 0.756. The van der Waals surface area contributed by atoms with Crippen LogP contribution in [0.4, 0.5) is 0 Å². The first-order chi connectivity index (χ1) is 5.39. The van der Waals surface area contributed by atoms with Crippen LogP contribution in [0.15, 0.2) is 30.3 Å². The molecule has 0 atom stereocenters. The Kier molecular flexibility index (Phi) is 8.64. The summed E-state index contributed by atoms with van der Waals surface area (Å²) < 4.78 is 31.6. The number of hydrogen-bond acceptors (Lipinski definition) is 3. The molecule has 3 N–H and O–H groups in total. The van der Waals surface area contributed by atoms with Crippen molar-refractivity contribution < 1.29 is 22.6 Å². The van der Waals surface area contributed by atoms with Crippen LogP contribution in [0.5, 0.6) is 5.75 Å². The molecule has 7 heteroatoms. The van der Waals surface area contributed by atoms with Gasteiger partial charge in [0, 0.05) is 29.6 Å². The van der Waals surface area contributed by atoms with Crippen LogP contribution >= 0.6 is 0 Å². The third kappa shape index (κ3) is 18.7. The van der Waals surface area contributed by atoms with Gasteiger partial charge in [-0.3, -0.25) is 9.11 Å². The van der Waals surface area contributed by atoms with E-state index in [-0.39, 0.29) is 29.6 Å². The van der Waals surface area contributed by atoms with Crippen LogP contribution < -0.4 is 0 Å². The summed E-state index contributed by atoms with van der Waals surface area (Å²) in [6.45, 7) is 0. The van der Waals surface area contributed by atoms with Gasteiger partial charge in [-0.25, -0.2) is 0 Å². The van der Waals surface area contributed by atoms with E-state index < -0.39 is 10.4 Å². The van der Waals surface area contributed by atoms with Crippen molar-refractivity contribution in [3.63, 3.8) is 0 Å². The molecule has 0 aliphatic carbocycles. The van der Waals surface area contributed by atoms with Gasteiger partial charge >= 0.3 is 10.4 Å². The summed E-state index contributed by atoms with van der Waals surface area (Å²) in [6.07, 6.45) is 0. The molecule has 0 unspecified atom stereocenters. The van der Waals surface area contributed by atoms with E-state index >= 15 is 0 Å². The predicted molar refractivity (Wildman–Crippen MR) is 48.0 cm³/mol. The molecule has 1 aromatic rings. The molecule has 5 nitrogen and oxygen atoms in total. The molecular formula is C6H8NaO5S. The Balaban J connectivity index is 0. The van der Waals surface area contributed by atoms with E-state index in [1.54, 1.807) is 24.3 Å². The fourth-order valence-corrected chi connectivity index (χ4v) is 0.428. The molecule has 0 spiro atoms. The summed E-state index contributed by atoms with van der Waals surface area (Å²) in [6, 6.07) is 8.71. The van der Waals surface area contributed by atoms with E-state index in [0.717, 1.165) is 0 Å². The molecule has 0 heterocycles. The van der Waals surface area contributed by atoms with Crippen molar-refractivity contribution in [1.82, 2.24) is 0 Å². The van der Waals surface area contributed by atoms with Gasteiger partial charge in [0.05, 0.1) is 0 Å². The van der Waals surface area contributed by atoms with Crippen molar-refractivity contribution in [3.8, 4) is 5.75 Å². The second kappa shape index (κ2) is 7.31. The maximum absolute atomic E-state index is 8.74. The van der Waals surface area contributed by atoms with Crippen LogP contribution in [0.3, 0.4) is 0 Å². The van der Waals surface area contributed by atoms with Crippen molar-refractivity contribution in [2.24, 2.45) is 0 Å². The predicted octanol–water partition coefficient (Wildman–Crippen LogP) is 0.359. The zero-order chi connectivity index (χ0) is 9.61. The Hall–Kier alpha value is -0.110. The number of benzene rings is 1. The molecule has 1 radical (unpaired) electrons. The maximum atomic E-state index is 8.74. The summed E-state index contributed by atoms with van der Waals surface area (Å²) in [4.78, 5) is 0. The van der Waals surface area contributed by atoms with E-state index in [1.807, 2.05) is 6.07 Å². The van der Waals surface area contributed by atoms with E-state index in [0.29, 0.717) is 5.75 Å². The van der Waals surface area contributed by atoms with E-state index in [1.165, 1.54) is 0 Å². The smallest absolute Gasteiger partial charge is 0.394 e. The second-order valence-corrected chi connectivity index (χ2v) is 2.68. The van der Waals surface area contributed by atoms with Gasteiger partial charge in [-0.05, 0) is 12.1 Å². The van der Waals surface area contributed by atoms with Gasteiger partial charge < -0.3 is 5.11 Å². The zero-order valence-corrected chi connectivity index (χ0v) is 9.77. The van der Waals surface area contributed by atoms with Gasteiger partial charge in [0.15, 0.2) is 0 Å². The van der Waals surface area contributed by atoms with Gasteiger partial charge in [-0.15, -0.1) is 0 Å². The first-order valence-corrected chi connectivity index (χ1v) is 4.23. The average molecular weight is 215 g/mol. The van der Waals surface area contributed by atoms with Crippen LogP contribution in [0.25, 0.3) is 0 Å². The van der Waals surface area contributed by atoms with Crippen molar-refractivity contribution in [3.05, 3.63) is 30.3 Å². The molecule has 1 aromatic carbocycles. The van der Waals surface area contributed by atoms with Gasteiger partial charge in [-0.1, -0.05) is 18.2 Å². The van der Waals surface area contributed by atoms with E-state index in [2.05, 4.69) is 0 Å². The number of phenolic OH excluding ortho intramolecular Hbond substituents is 1. The number of aromatic hydroxyl groups is 1. The van der Waals surface area contributed by atoms with Crippen LogP contribution in [0.2, 0.25) is 0 Å². The summed E-state index contributed by atoms with van der Waals surface area (Å²) in [5.41, 5.74) is 0. The van der Waals surface area contributed by atoms with Gasteiger partial charge in [0.25, 0.3) is 0 Å². The molecule has 0 aromatic heterocycles. The molecule has 0 aliphatic heterocycles. The molecular weight excluding hydrogens is 207 g/mol. The number of hydrogen-bond donors (Lipinski definition) is 3. The number of phenols is 1. The summed E-state index contributed by atoms with van der Waals surface area (Å²) >= 11 is 0. The van der Waals surface area contributed by atoms with E-state index in [4.69, 9.17) is 22.6 Å². The first kappa shape index (κ1) is 15.4. The maximum Gasteiger partial charge on any atom is 0.394 e. The second-order valence-electron chi connectivity index (χ2n) is 1.78. The van der Waals surface area contributed by atoms with Crippen LogP contribution in [-0.4, -0.2) is 52.2 Å². The Morgan fingerprint density at radius 1 is 1.00 bits per heavy atom. The minimum Gasteiger partial charge on any atom is -0.508 e. The van der Waals surface area contributed by atoms with Gasteiger partial charge in [0.2, 0.25) is 0 Å². The fourth-order valence-electron chi connectivity index (χ4n) is 0.428. The van der Waals surface area contributed by atoms with Crippen molar-refractivity contribution in [2.45, 2.75) is 0 Å². The third-order valence-corrected chi connectivity index (χ3v) is 0.756. The molecule has 0 fully saturated rings. The molecule has 69 valence electrons. The molecule has 0 bridgehead atoms. The molecule has 1 rings (SSSR count). The Bertz CT molecular complexity index is 301. The SMILES string of the molecule is O=S(=O)(O)O.Oc1ccccc1.[Na]. The molecule has 0 saturated carbocycles. The topological polar surface area (TPSA) is 94.8 Å². The molecule has 13 heavy (non-hydrogen) atoms. The normalized spacial score (nSPS) is 9.08. The number of para-hydroxylation sites is 1. The summed E-state index contributed by atoms with van der Waals surface area (Å²) in [5.74, 6) is 0.322. The fraction of sp³-hybridized carbons (Fsp3) is 0. The molecule has 0 saturated heterocycles. The summed E-state index contributed by atoms with van der Waals surface area (Å²) in [7, 11) is -4.67. The van der Waals surface area contributed by atoms with Crippen molar-refractivity contribution in [2.75, 3.05) is 0 Å². The van der Waals surface area contributed by atoms with Crippen LogP contribution in [0.1, 0.15) is 0 Å². The monoisotopic (exact) mass is 215 g/mol. The Morgan fingerprint density at radius 3 is 1.46 bits per heavy atom. The van der Waals surface area contributed by atoms with Crippen molar-refractivity contribution in [1.29, 1.82) is 0 Å². The zero-order valence-electron chi connectivity index (χ0n) is 6.95. The van der Waals surface area contributed by atoms with Crippen LogP contribution in [-0.2, 0) is 10.4 Å². The van der Waals surface area contributed by atoms with E-state index in [9.17, 15) is 0 Å². The van der Waals surface area contributed by atoms with Crippen molar-refractivity contribution >= 4 is 40.0 Å². The molecule has 0 aliphatic rings. The summed E-state index contributed by atoms with van der Waals surface area (Å²) in [5, 5.41) is 8.63.